The molecule has 0 saturated carbocycles. The average Bonchev–Trinajstić information content (AvgIpc) is 2.76. The van der Waals surface area contributed by atoms with Crippen LogP contribution in [0.1, 0.15) is 25.7 Å². The second-order valence-electron chi connectivity index (χ2n) is 6.16. The van der Waals surface area contributed by atoms with Crippen molar-refractivity contribution in [1.29, 1.82) is 0 Å². The first-order valence-corrected chi connectivity index (χ1v) is 7.55. The predicted octanol–water partition coefficient (Wildman–Crippen LogP) is 0.962. The van der Waals surface area contributed by atoms with Crippen LogP contribution in [-0.4, -0.2) is 61.5 Å². The molecule has 0 bridgehead atoms. The minimum atomic E-state index is 0. The van der Waals surface area contributed by atoms with Gasteiger partial charge >= 0.3 is 0 Å². The van der Waals surface area contributed by atoms with E-state index >= 15 is 0 Å². The lowest BCUT2D eigenvalue weighted by molar-refractivity contribution is -0.136. The highest BCUT2D eigenvalue weighted by Crippen LogP contribution is 2.22. The molecule has 0 radical (unpaired) electrons. The van der Waals surface area contributed by atoms with Crippen molar-refractivity contribution in [2.24, 2.45) is 11.8 Å². The Morgan fingerprint density at radius 1 is 1.11 bits per heavy atom. The molecule has 3 aliphatic rings. The van der Waals surface area contributed by atoms with Crippen molar-refractivity contribution in [3.8, 4) is 0 Å². The fraction of sp³-hybridized carbons (Fsp3) is 0.929. The van der Waals surface area contributed by atoms with Crippen molar-refractivity contribution in [2.45, 2.75) is 25.7 Å². The van der Waals surface area contributed by atoms with Crippen LogP contribution in [0.3, 0.4) is 0 Å². The number of nitrogens with zero attached hydrogens (tertiary/aromatic N) is 2. The molecule has 3 rings (SSSR count). The highest BCUT2D eigenvalue weighted by molar-refractivity contribution is 5.85. The highest BCUT2D eigenvalue weighted by atomic mass is 35.5. The monoisotopic (exact) mass is 287 g/mol. The number of piperidine rings is 1. The summed E-state index contributed by atoms with van der Waals surface area (Å²) in [6.45, 7) is 7.55. The van der Waals surface area contributed by atoms with Gasteiger partial charge in [0.05, 0.1) is 5.92 Å². The summed E-state index contributed by atoms with van der Waals surface area (Å²) in [6.07, 6.45) is 5.34. The van der Waals surface area contributed by atoms with E-state index in [9.17, 15) is 4.79 Å². The van der Waals surface area contributed by atoms with Crippen molar-refractivity contribution in [3.63, 3.8) is 0 Å². The molecule has 1 amide bonds. The molecule has 3 saturated heterocycles. The fourth-order valence-corrected chi connectivity index (χ4v) is 3.41. The fourth-order valence-electron chi connectivity index (χ4n) is 3.41. The molecule has 3 heterocycles. The van der Waals surface area contributed by atoms with E-state index in [0.717, 1.165) is 32.1 Å². The van der Waals surface area contributed by atoms with Crippen LogP contribution >= 0.6 is 12.4 Å². The third-order valence-electron chi connectivity index (χ3n) is 4.69. The number of carbonyl (C=O) groups is 1. The van der Waals surface area contributed by atoms with Crippen LogP contribution in [0.15, 0.2) is 0 Å². The van der Waals surface area contributed by atoms with E-state index in [1.165, 1.54) is 45.3 Å². The zero-order valence-corrected chi connectivity index (χ0v) is 12.5. The molecule has 1 N–H and O–H groups in total. The number of hydrogen-bond acceptors (Lipinski definition) is 3. The van der Waals surface area contributed by atoms with Gasteiger partial charge in [0.1, 0.15) is 0 Å². The molecule has 0 spiro atoms. The molecule has 0 aliphatic carbocycles. The zero-order chi connectivity index (χ0) is 12.4. The summed E-state index contributed by atoms with van der Waals surface area (Å²) < 4.78 is 0. The first kappa shape index (κ1) is 15.1. The Balaban J connectivity index is 0.00000133. The average molecular weight is 288 g/mol. The maximum Gasteiger partial charge on any atom is 0.228 e. The molecule has 1 atom stereocenters. The minimum absolute atomic E-state index is 0. The quantitative estimate of drug-likeness (QED) is 0.840. The standard InChI is InChI=1S/C14H25N3O.ClH/c18-14(13-8-15-9-13)17-7-4-12(11-17)10-16-5-2-1-3-6-16;/h12-13,15H,1-11H2;1H. The smallest absolute Gasteiger partial charge is 0.228 e. The van der Waals surface area contributed by atoms with Crippen LogP contribution in [0.4, 0.5) is 0 Å². The van der Waals surface area contributed by atoms with E-state index in [4.69, 9.17) is 0 Å². The maximum absolute atomic E-state index is 12.1. The molecule has 3 aliphatic heterocycles. The Morgan fingerprint density at radius 3 is 2.47 bits per heavy atom. The van der Waals surface area contributed by atoms with Crippen LogP contribution in [0, 0.1) is 11.8 Å². The van der Waals surface area contributed by atoms with E-state index in [0.29, 0.717) is 5.91 Å². The largest absolute Gasteiger partial charge is 0.342 e. The molecule has 110 valence electrons. The normalized spacial score (nSPS) is 28.8. The van der Waals surface area contributed by atoms with Gasteiger partial charge in [0.15, 0.2) is 0 Å². The van der Waals surface area contributed by atoms with Gasteiger partial charge in [-0.2, -0.15) is 0 Å². The first-order valence-electron chi connectivity index (χ1n) is 7.55. The summed E-state index contributed by atoms with van der Waals surface area (Å²) in [4.78, 5) is 16.9. The van der Waals surface area contributed by atoms with Gasteiger partial charge in [0, 0.05) is 32.7 Å². The van der Waals surface area contributed by atoms with Crippen LogP contribution in [0.5, 0.6) is 0 Å². The molecular formula is C14H26ClN3O. The Hall–Kier alpha value is -0.320. The summed E-state index contributed by atoms with van der Waals surface area (Å²) in [7, 11) is 0. The van der Waals surface area contributed by atoms with Crippen LogP contribution in [0.25, 0.3) is 0 Å². The maximum atomic E-state index is 12.1. The Kier molecular flexibility index (Phi) is 5.48. The summed E-state index contributed by atoms with van der Waals surface area (Å²) in [5, 5.41) is 3.19. The van der Waals surface area contributed by atoms with E-state index in [2.05, 4.69) is 15.1 Å². The Bertz CT molecular complexity index is 303. The SMILES string of the molecule is Cl.O=C(C1CNC1)N1CCC(CN2CCCCC2)C1. The third kappa shape index (κ3) is 3.61. The molecule has 0 aromatic heterocycles. The van der Waals surface area contributed by atoms with Gasteiger partial charge in [-0.15, -0.1) is 12.4 Å². The van der Waals surface area contributed by atoms with E-state index in [1.54, 1.807) is 0 Å². The van der Waals surface area contributed by atoms with Gasteiger partial charge in [0.25, 0.3) is 0 Å². The van der Waals surface area contributed by atoms with Crippen LogP contribution < -0.4 is 5.32 Å². The lowest BCUT2D eigenvalue weighted by Gasteiger charge is -2.31. The van der Waals surface area contributed by atoms with Crippen molar-refractivity contribution in [1.82, 2.24) is 15.1 Å². The number of nitrogens with one attached hydrogen (secondary N) is 1. The Morgan fingerprint density at radius 2 is 1.84 bits per heavy atom. The number of amides is 1. The van der Waals surface area contributed by atoms with Gasteiger partial charge in [0.2, 0.25) is 5.91 Å². The number of rotatable bonds is 3. The van der Waals surface area contributed by atoms with Crippen LogP contribution in [-0.2, 0) is 4.79 Å². The molecule has 19 heavy (non-hydrogen) atoms. The zero-order valence-electron chi connectivity index (χ0n) is 11.6. The molecule has 0 aromatic rings. The highest BCUT2D eigenvalue weighted by Gasteiger charge is 2.34. The molecule has 3 fully saturated rings. The van der Waals surface area contributed by atoms with E-state index in [1.807, 2.05) is 0 Å². The number of halogens is 1. The van der Waals surface area contributed by atoms with Gasteiger partial charge in [-0.25, -0.2) is 0 Å². The minimum Gasteiger partial charge on any atom is -0.342 e. The summed E-state index contributed by atoms with van der Waals surface area (Å²) >= 11 is 0. The lowest BCUT2D eigenvalue weighted by atomic mass is 10.0. The Labute approximate surface area is 122 Å². The molecule has 4 nitrogen and oxygen atoms in total. The topological polar surface area (TPSA) is 35.6 Å². The van der Waals surface area contributed by atoms with Crippen molar-refractivity contribution in [3.05, 3.63) is 0 Å². The summed E-state index contributed by atoms with van der Waals surface area (Å²) in [5.74, 6) is 1.40. The number of hydrogen-bond donors (Lipinski definition) is 1. The molecular weight excluding hydrogens is 262 g/mol. The second kappa shape index (κ2) is 6.91. The van der Waals surface area contributed by atoms with Crippen molar-refractivity contribution >= 4 is 18.3 Å². The summed E-state index contributed by atoms with van der Waals surface area (Å²) in [6, 6.07) is 0. The van der Waals surface area contributed by atoms with E-state index < -0.39 is 0 Å². The van der Waals surface area contributed by atoms with Crippen molar-refractivity contribution < 1.29 is 4.79 Å². The van der Waals surface area contributed by atoms with Gasteiger partial charge in [-0.3, -0.25) is 4.79 Å². The summed E-state index contributed by atoms with van der Waals surface area (Å²) in [5.41, 5.74) is 0. The van der Waals surface area contributed by atoms with Gasteiger partial charge in [-0.05, 0) is 38.3 Å². The van der Waals surface area contributed by atoms with E-state index in [-0.39, 0.29) is 18.3 Å². The molecule has 1 unspecified atom stereocenters. The number of likely N-dealkylation sites (tertiary alicyclic amines) is 2. The van der Waals surface area contributed by atoms with Gasteiger partial charge < -0.3 is 15.1 Å². The van der Waals surface area contributed by atoms with Gasteiger partial charge in [-0.1, -0.05) is 6.42 Å². The third-order valence-corrected chi connectivity index (χ3v) is 4.69. The lowest BCUT2D eigenvalue weighted by Crippen LogP contribution is -2.51. The molecule has 5 heteroatoms. The first-order chi connectivity index (χ1) is 8.83. The van der Waals surface area contributed by atoms with Crippen LogP contribution in [0.2, 0.25) is 0 Å². The predicted molar refractivity (Wildman–Crippen MR) is 78.6 cm³/mol. The number of carbonyl (C=O) groups excluding carboxylic acids is 1. The van der Waals surface area contributed by atoms with Crippen molar-refractivity contribution in [2.75, 3.05) is 45.8 Å². The molecule has 0 aromatic carbocycles. The second-order valence-corrected chi connectivity index (χ2v) is 6.16.